The fraction of sp³-hybridized carbons (Fsp3) is 0.318. The quantitative estimate of drug-likeness (QED) is 0.748. The molecule has 5 heteroatoms. The van der Waals surface area contributed by atoms with E-state index >= 15 is 0 Å². The molecule has 2 aromatic carbocycles. The number of hydrogen-bond donors (Lipinski definition) is 1. The standard InChI is InChI=1S/C22H23NO4/c1-23-11-7-6-10-15(23)20-16(24)13-19(26-2)21-17(25)12-18(27-22(20)21)14-8-4-3-5-9-14/h3-5,8-9,12-13,15,24H,6-7,10-11H2,1-2H3. The van der Waals surface area contributed by atoms with E-state index in [0.29, 0.717) is 28.0 Å². The normalized spacial score (nSPS) is 17.9. The molecule has 0 aliphatic carbocycles. The lowest BCUT2D eigenvalue weighted by molar-refractivity contribution is 0.184. The van der Waals surface area contributed by atoms with Gasteiger partial charge in [-0.1, -0.05) is 36.8 Å². The Morgan fingerprint density at radius 2 is 1.96 bits per heavy atom. The minimum absolute atomic E-state index is 0.00123. The van der Waals surface area contributed by atoms with E-state index in [4.69, 9.17) is 9.15 Å². The number of piperidine rings is 1. The van der Waals surface area contributed by atoms with Crippen LogP contribution in [0.5, 0.6) is 11.5 Å². The van der Waals surface area contributed by atoms with Crippen LogP contribution < -0.4 is 10.2 Å². The summed E-state index contributed by atoms with van der Waals surface area (Å²) in [6.07, 6.45) is 3.11. The summed E-state index contributed by atoms with van der Waals surface area (Å²) in [4.78, 5) is 15.2. The fourth-order valence-electron chi connectivity index (χ4n) is 3.97. The molecule has 0 radical (unpaired) electrons. The van der Waals surface area contributed by atoms with E-state index < -0.39 is 0 Å². The lowest BCUT2D eigenvalue weighted by Gasteiger charge is -2.33. The van der Waals surface area contributed by atoms with Crippen LogP contribution >= 0.6 is 0 Å². The summed E-state index contributed by atoms with van der Waals surface area (Å²) in [5.41, 5.74) is 1.73. The zero-order valence-corrected chi connectivity index (χ0v) is 15.6. The van der Waals surface area contributed by atoms with Crippen molar-refractivity contribution in [2.75, 3.05) is 20.7 Å². The van der Waals surface area contributed by atoms with Gasteiger partial charge in [-0.2, -0.15) is 0 Å². The van der Waals surface area contributed by atoms with E-state index in [1.54, 1.807) is 0 Å². The van der Waals surface area contributed by atoms with Gasteiger partial charge >= 0.3 is 0 Å². The van der Waals surface area contributed by atoms with Crippen molar-refractivity contribution in [1.29, 1.82) is 0 Å². The largest absolute Gasteiger partial charge is 0.507 e. The number of hydrogen-bond acceptors (Lipinski definition) is 5. The second kappa shape index (κ2) is 7.08. The molecule has 0 bridgehead atoms. The summed E-state index contributed by atoms with van der Waals surface area (Å²) in [6, 6.07) is 12.5. The van der Waals surface area contributed by atoms with Gasteiger partial charge in [-0.25, -0.2) is 0 Å². The highest BCUT2D eigenvalue weighted by Crippen LogP contribution is 2.43. The molecule has 0 amide bonds. The molecule has 1 aromatic heterocycles. The highest BCUT2D eigenvalue weighted by Gasteiger charge is 2.29. The summed E-state index contributed by atoms with van der Waals surface area (Å²) in [6.45, 7) is 0.945. The monoisotopic (exact) mass is 365 g/mol. The third-order valence-electron chi connectivity index (χ3n) is 5.36. The van der Waals surface area contributed by atoms with Crippen molar-refractivity contribution in [2.45, 2.75) is 25.3 Å². The number of phenolic OH excluding ortho intramolecular Hbond substituents is 1. The van der Waals surface area contributed by atoms with Gasteiger partial charge in [-0.05, 0) is 26.4 Å². The smallest absolute Gasteiger partial charge is 0.197 e. The molecule has 5 nitrogen and oxygen atoms in total. The summed E-state index contributed by atoms with van der Waals surface area (Å²) < 4.78 is 11.6. The van der Waals surface area contributed by atoms with Gasteiger partial charge in [0.15, 0.2) is 11.0 Å². The van der Waals surface area contributed by atoms with Crippen molar-refractivity contribution in [3.05, 3.63) is 58.3 Å². The predicted molar refractivity (Wildman–Crippen MR) is 105 cm³/mol. The Morgan fingerprint density at radius 3 is 2.67 bits per heavy atom. The van der Waals surface area contributed by atoms with E-state index in [-0.39, 0.29) is 17.2 Å². The molecule has 1 N–H and O–H groups in total. The van der Waals surface area contributed by atoms with Crippen LogP contribution in [0.3, 0.4) is 0 Å². The molecule has 1 aliphatic rings. The fourth-order valence-corrected chi connectivity index (χ4v) is 3.97. The molecular weight excluding hydrogens is 342 g/mol. The van der Waals surface area contributed by atoms with Crippen molar-refractivity contribution >= 4 is 11.0 Å². The average molecular weight is 365 g/mol. The van der Waals surface area contributed by atoms with Crippen LogP contribution in [0.25, 0.3) is 22.3 Å². The third kappa shape index (κ3) is 3.08. The average Bonchev–Trinajstić information content (AvgIpc) is 2.68. The number of likely N-dealkylation sites (tertiary alicyclic amines) is 1. The van der Waals surface area contributed by atoms with Crippen molar-refractivity contribution in [3.63, 3.8) is 0 Å². The second-order valence-corrected chi connectivity index (χ2v) is 7.05. The maximum atomic E-state index is 12.9. The molecule has 0 saturated carbocycles. The number of rotatable bonds is 3. The van der Waals surface area contributed by atoms with Crippen LogP contribution in [-0.4, -0.2) is 30.7 Å². The lowest BCUT2D eigenvalue weighted by Crippen LogP contribution is -2.30. The number of ether oxygens (including phenoxy) is 1. The Morgan fingerprint density at radius 1 is 1.19 bits per heavy atom. The van der Waals surface area contributed by atoms with Crippen molar-refractivity contribution in [1.82, 2.24) is 4.90 Å². The summed E-state index contributed by atoms with van der Waals surface area (Å²) in [7, 11) is 3.53. The first-order chi connectivity index (χ1) is 13.1. The number of benzene rings is 2. The van der Waals surface area contributed by atoms with E-state index in [1.807, 2.05) is 37.4 Å². The van der Waals surface area contributed by atoms with Crippen LogP contribution in [-0.2, 0) is 0 Å². The molecule has 1 unspecified atom stereocenters. The van der Waals surface area contributed by atoms with Gasteiger partial charge in [-0.3, -0.25) is 9.69 Å². The Kier molecular flexibility index (Phi) is 4.62. The van der Waals surface area contributed by atoms with E-state index in [9.17, 15) is 9.90 Å². The number of fused-ring (bicyclic) bond motifs is 1. The second-order valence-electron chi connectivity index (χ2n) is 7.05. The first-order valence-electron chi connectivity index (χ1n) is 9.23. The number of methoxy groups -OCH3 is 1. The molecule has 2 heterocycles. The summed E-state index contributed by atoms with van der Waals surface area (Å²) >= 11 is 0. The maximum Gasteiger partial charge on any atom is 0.197 e. The van der Waals surface area contributed by atoms with Crippen molar-refractivity contribution in [2.24, 2.45) is 0 Å². The van der Waals surface area contributed by atoms with Crippen LogP contribution in [0.1, 0.15) is 30.9 Å². The minimum atomic E-state index is -0.174. The van der Waals surface area contributed by atoms with Crippen LogP contribution in [0.4, 0.5) is 0 Å². The molecule has 3 aromatic rings. The van der Waals surface area contributed by atoms with Crippen LogP contribution in [0, 0.1) is 0 Å². The Hall–Kier alpha value is -2.79. The lowest BCUT2D eigenvalue weighted by atomic mass is 9.93. The van der Waals surface area contributed by atoms with Gasteiger partial charge < -0.3 is 14.3 Å². The molecular formula is C22H23NO4. The number of aromatic hydroxyl groups is 1. The first-order valence-corrected chi connectivity index (χ1v) is 9.23. The molecule has 140 valence electrons. The number of nitrogens with zero attached hydrogens (tertiary/aromatic N) is 1. The van der Waals surface area contributed by atoms with Gasteiger partial charge in [-0.15, -0.1) is 0 Å². The molecule has 1 atom stereocenters. The molecule has 1 saturated heterocycles. The van der Waals surface area contributed by atoms with Crippen molar-refractivity contribution < 1.29 is 14.3 Å². The van der Waals surface area contributed by atoms with Gasteiger partial charge in [0.25, 0.3) is 0 Å². The summed E-state index contributed by atoms with van der Waals surface area (Å²) in [5.74, 6) is 0.921. The van der Waals surface area contributed by atoms with Gasteiger partial charge in [0.2, 0.25) is 0 Å². The molecule has 1 aliphatic heterocycles. The highest BCUT2D eigenvalue weighted by atomic mass is 16.5. The molecule has 4 rings (SSSR count). The Labute approximate surface area is 157 Å². The minimum Gasteiger partial charge on any atom is -0.507 e. The first kappa shape index (κ1) is 17.6. The van der Waals surface area contributed by atoms with E-state index in [0.717, 1.165) is 31.4 Å². The maximum absolute atomic E-state index is 12.9. The Balaban J connectivity index is 2.03. The zero-order chi connectivity index (χ0) is 19.0. The van der Waals surface area contributed by atoms with Gasteiger partial charge in [0.1, 0.15) is 22.6 Å². The Bertz CT molecular complexity index is 1030. The molecule has 0 spiro atoms. The zero-order valence-electron chi connectivity index (χ0n) is 15.6. The van der Waals surface area contributed by atoms with E-state index in [1.165, 1.54) is 19.2 Å². The SMILES string of the molecule is COc1cc(O)c(C2CCCCN2C)c2oc(-c3ccccc3)cc(=O)c12. The van der Waals surface area contributed by atoms with Gasteiger partial charge in [0.05, 0.1) is 12.7 Å². The molecule has 27 heavy (non-hydrogen) atoms. The highest BCUT2D eigenvalue weighted by molar-refractivity contribution is 5.90. The third-order valence-corrected chi connectivity index (χ3v) is 5.36. The topological polar surface area (TPSA) is 62.9 Å². The van der Waals surface area contributed by atoms with Gasteiger partial charge in [0, 0.05) is 23.7 Å². The van der Waals surface area contributed by atoms with E-state index in [2.05, 4.69) is 4.90 Å². The summed E-state index contributed by atoms with van der Waals surface area (Å²) in [5, 5.41) is 11.2. The van der Waals surface area contributed by atoms with Crippen molar-refractivity contribution in [3.8, 4) is 22.8 Å². The number of phenols is 1. The molecule has 1 fully saturated rings. The predicted octanol–water partition coefficient (Wildman–Crippen LogP) is 4.33. The van der Waals surface area contributed by atoms with Crippen LogP contribution in [0.2, 0.25) is 0 Å². The van der Waals surface area contributed by atoms with Crippen LogP contribution in [0.15, 0.2) is 51.7 Å².